The van der Waals surface area contributed by atoms with Crippen molar-refractivity contribution in [1.29, 1.82) is 0 Å². The summed E-state index contributed by atoms with van der Waals surface area (Å²) in [5.41, 5.74) is 1.49. The molecule has 27 heavy (non-hydrogen) atoms. The van der Waals surface area contributed by atoms with Gasteiger partial charge in [-0.25, -0.2) is 4.79 Å². The number of carbonyl (C=O) groups excluding carboxylic acids is 1. The summed E-state index contributed by atoms with van der Waals surface area (Å²) >= 11 is 5.54. The monoisotopic (exact) mass is 389 g/mol. The molecule has 0 heterocycles. The van der Waals surface area contributed by atoms with Gasteiger partial charge in [0.1, 0.15) is 5.56 Å². The summed E-state index contributed by atoms with van der Waals surface area (Å²) in [6.07, 6.45) is 2.53. The van der Waals surface area contributed by atoms with Gasteiger partial charge in [0.2, 0.25) is 0 Å². The fraction of sp³-hybridized carbons (Fsp3) is 0.263. The Morgan fingerprint density at radius 3 is 2.74 bits per heavy atom. The summed E-state index contributed by atoms with van der Waals surface area (Å²) in [7, 11) is 0. The molecule has 1 aliphatic carbocycles. The van der Waals surface area contributed by atoms with Crippen LogP contribution in [0.1, 0.15) is 50.6 Å². The Morgan fingerprint density at radius 2 is 2.07 bits per heavy atom. The predicted octanol–water partition coefficient (Wildman–Crippen LogP) is 4.17. The minimum Gasteiger partial charge on any atom is -0.486 e. The largest absolute Gasteiger partial charge is 0.486 e. The number of halogens is 1. The maximum absolute atomic E-state index is 11.3. The van der Waals surface area contributed by atoms with Gasteiger partial charge in [-0.15, -0.1) is 0 Å². The van der Waals surface area contributed by atoms with Gasteiger partial charge in [-0.05, 0) is 66.3 Å². The van der Waals surface area contributed by atoms with Crippen molar-refractivity contribution in [2.24, 2.45) is 0 Å². The number of hydrogen-bond acceptors (Lipinski definition) is 5. The van der Waals surface area contributed by atoms with E-state index in [1.807, 2.05) is 6.07 Å². The number of carboxylic acids is 1. The van der Waals surface area contributed by atoms with Crippen molar-refractivity contribution in [3.8, 4) is 5.75 Å². The first kappa shape index (κ1) is 18.8. The standard InChI is InChI=1S/C19H16ClNO6/c20-18(22)12-7-8-14-11(9-12)3-1-4-13(14)10-27-16-6-2-5-15(19(23)24)17(16)21(25)26/h2,5-9,13H,1,3-4,10H2,(H,23,24)/t13-/m0/s1. The summed E-state index contributed by atoms with van der Waals surface area (Å²) in [5, 5.41) is 20.0. The minimum atomic E-state index is -1.38. The molecular formula is C19H16ClNO6. The Hall–Kier alpha value is -2.93. The normalized spacial score (nSPS) is 15.7. The smallest absolute Gasteiger partial charge is 0.342 e. The molecule has 0 saturated carbocycles. The van der Waals surface area contributed by atoms with Gasteiger partial charge in [0, 0.05) is 11.5 Å². The van der Waals surface area contributed by atoms with E-state index in [1.165, 1.54) is 18.2 Å². The molecule has 1 N–H and O–H groups in total. The van der Waals surface area contributed by atoms with Gasteiger partial charge in [0.25, 0.3) is 5.24 Å². The Kier molecular flexibility index (Phi) is 5.41. The number of aromatic carboxylic acids is 1. The van der Waals surface area contributed by atoms with Crippen molar-refractivity contribution in [3.05, 3.63) is 68.8 Å². The molecular weight excluding hydrogens is 374 g/mol. The van der Waals surface area contributed by atoms with E-state index < -0.39 is 27.4 Å². The third-order valence-electron chi connectivity index (χ3n) is 4.66. The fourth-order valence-corrected chi connectivity index (χ4v) is 3.52. The number of nitro groups is 1. The predicted molar refractivity (Wildman–Crippen MR) is 97.9 cm³/mol. The third-order valence-corrected chi connectivity index (χ3v) is 4.88. The molecule has 0 bridgehead atoms. The summed E-state index contributed by atoms with van der Waals surface area (Å²) in [6.45, 7) is 0.172. The lowest BCUT2D eigenvalue weighted by Gasteiger charge is -2.26. The van der Waals surface area contributed by atoms with E-state index in [4.69, 9.17) is 21.4 Å². The summed E-state index contributed by atoms with van der Waals surface area (Å²) in [6, 6.07) is 9.24. The first-order valence-corrected chi connectivity index (χ1v) is 8.72. The second-order valence-electron chi connectivity index (χ2n) is 6.30. The number of carboxylic acid groups (broad SMARTS) is 1. The van der Waals surface area contributed by atoms with Crippen LogP contribution in [0.25, 0.3) is 0 Å². The number of hydrogen-bond donors (Lipinski definition) is 1. The van der Waals surface area contributed by atoms with Crippen LogP contribution in [0.4, 0.5) is 5.69 Å². The van der Waals surface area contributed by atoms with Crippen LogP contribution < -0.4 is 4.74 Å². The number of aryl methyl sites for hydroxylation is 1. The van der Waals surface area contributed by atoms with Crippen LogP contribution in [0.15, 0.2) is 36.4 Å². The Morgan fingerprint density at radius 1 is 1.30 bits per heavy atom. The molecule has 3 rings (SSSR count). The van der Waals surface area contributed by atoms with Gasteiger partial charge in [0.05, 0.1) is 11.5 Å². The number of nitro benzene ring substituents is 1. The summed E-state index contributed by atoms with van der Waals surface area (Å²) in [4.78, 5) is 33.1. The van der Waals surface area contributed by atoms with Gasteiger partial charge in [-0.2, -0.15) is 0 Å². The van der Waals surface area contributed by atoms with Crippen LogP contribution in [0.3, 0.4) is 0 Å². The quantitative estimate of drug-likeness (QED) is 0.451. The molecule has 0 saturated heterocycles. The summed E-state index contributed by atoms with van der Waals surface area (Å²) < 4.78 is 5.67. The molecule has 0 aromatic heterocycles. The average Bonchev–Trinajstić information content (AvgIpc) is 2.65. The van der Waals surface area contributed by atoms with Crippen LogP contribution in [0, 0.1) is 10.1 Å². The zero-order chi connectivity index (χ0) is 19.6. The van der Waals surface area contributed by atoms with E-state index in [9.17, 15) is 19.7 Å². The Balaban J connectivity index is 1.85. The maximum Gasteiger partial charge on any atom is 0.342 e. The molecule has 1 aliphatic rings. The van der Waals surface area contributed by atoms with E-state index in [0.29, 0.717) is 5.56 Å². The van der Waals surface area contributed by atoms with Crippen LogP contribution >= 0.6 is 11.6 Å². The van der Waals surface area contributed by atoms with Gasteiger partial charge < -0.3 is 9.84 Å². The molecule has 0 fully saturated rings. The highest BCUT2D eigenvalue weighted by molar-refractivity contribution is 6.67. The first-order valence-electron chi connectivity index (χ1n) is 8.34. The first-order chi connectivity index (χ1) is 12.9. The molecule has 0 aliphatic heterocycles. The second kappa shape index (κ2) is 7.75. The molecule has 0 unspecified atom stereocenters. The lowest BCUT2D eigenvalue weighted by atomic mass is 9.82. The van der Waals surface area contributed by atoms with Crippen molar-refractivity contribution in [3.63, 3.8) is 0 Å². The molecule has 1 atom stereocenters. The third kappa shape index (κ3) is 3.93. The number of ether oxygens (including phenoxy) is 1. The van der Waals surface area contributed by atoms with E-state index in [0.717, 1.165) is 30.4 Å². The second-order valence-corrected chi connectivity index (χ2v) is 6.65. The average molecular weight is 390 g/mol. The molecule has 0 radical (unpaired) electrons. The van der Waals surface area contributed by atoms with E-state index in [-0.39, 0.29) is 18.3 Å². The zero-order valence-electron chi connectivity index (χ0n) is 14.2. The van der Waals surface area contributed by atoms with E-state index >= 15 is 0 Å². The summed E-state index contributed by atoms with van der Waals surface area (Å²) in [5.74, 6) is -1.46. The van der Waals surface area contributed by atoms with Crippen LogP contribution in [0.5, 0.6) is 5.75 Å². The number of para-hydroxylation sites is 1. The molecule has 2 aromatic rings. The van der Waals surface area contributed by atoms with E-state index in [1.54, 1.807) is 12.1 Å². The van der Waals surface area contributed by atoms with E-state index in [2.05, 4.69) is 0 Å². The highest BCUT2D eigenvalue weighted by Gasteiger charge is 2.27. The van der Waals surface area contributed by atoms with Gasteiger partial charge in [-0.1, -0.05) is 12.1 Å². The number of fused-ring (bicyclic) bond motifs is 1. The number of benzene rings is 2. The van der Waals surface area contributed by atoms with Crippen molar-refractivity contribution in [1.82, 2.24) is 0 Å². The maximum atomic E-state index is 11.3. The number of carbonyl (C=O) groups is 2. The molecule has 8 heteroatoms. The lowest BCUT2D eigenvalue weighted by molar-refractivity contribution is -0.386. The van der Waals surface area contributed by atoms with Crippen molar-refractivity contribution in [2.45, 2.75) is 25.2 Å². The SMILES string of the molecule is O=C(Cl)c1ccc2c(c1)CCC[C@H]2COc1cccc(C(=O)O)c1[N+](=O)[O-]. The van der Waals surface area contributed by atoms with Crippen LogP contribution in [0.2, 0.25) is 0 Å². The van der Waals surface area contributed by atoms with Gasteiger partial charge >= 0.3 is 11.7 Å². The lowest BCUT2D eigenvalue weighted by Crippen LogP contribution is -2.18. The Bertz CT molecular complexity index is 926. The highest BCUT2D eigenvalue weighted by atomic mass is 35.5. The molecule has 0 spiro atoms. The minimum absolute atomic E-state index is 0.0127. The van der Waals surface area contributed by atoms with Crippen LogP contribution in [-0.2, 0) is 6.42 Å². The zero-order valence-corrected chi connectivity index (χ0v) is 14.9. The van der Waals surface area contributed by atoms with Crippen molar-refractivity contribution >= 4 is 28.5 Å². The van der Waals surface area contributed by atoms with Crippen molar-refractivity contribution < 1.29 is 24.4 Å². The molecule has 140 valence electrons. The van der Waals surface area contributed by atoms with Crippen LogP contribution in [-0.4, -0.2) is 27.8 Å². The highest BCUT2D eigenvalue weighted by Crippen LogP contribution is 2.35. The van der Waals surface area contributed by atoms with Gasteiger partial charge in [0.15, 0.2) is 5.75 Å². The number of nitrogens with zero attached hydrogens (tertiary/aromatic N) is 1. The number of rotatable bonds is 6. The fourth-order valence-electron chi connectivity index (χ4n) is 3.40. The van der Waals surface area contributed by atoms with Crippen molar-refractivity contribution in [2.75, 3.05) is 6.61 Å². The topological polar surface area (TPSA) is 107 Å². The molecule has 7 nitrogen and oxygen atoms in total. The molecule has 2 aromatic carbocycles. The Labute approximate surface area is 159 Å². The molecule has 0 amide bonds. The van der Waals surface area contributed by atoms with Gasteiger partial charge in [-0.3, -0.25) is 14.9 Å².